The van der Waals surface area contributed by atoms with Crippen LogP contribution in [0.1, 0.15) is 24.5 Å². The van der Waals surface area contributed by atoms with Crippen LogP contribution in [0, 0.1) is 0 Å². The molecule has 25 heavy (non-hydrogen) atoms. The molecular formula is C21H19NO3. The summed E-state index contributed by atoms with van der Waals surface area (Å²) in [6.45, 7) is 2.35. The van der Waals surface area contributed by atoms with Gasteiger partial charge in [-0.05, 0) is 31.2 Å². The third kappa shape index (κ3) is 2.96. The Hall–Kier alpha value is -2.85. The lowest BCUT2D eigenvalue weighted by molar-refractivity contribution is -0.105. The quantitative estimate of drug-likeness (QED) is 0.693. The number of allylic oxidation sites excluding steroid dienone is 1. The molecule has 3 aromatic rings. The summed E-state index contributed by atoms with van der Waals surface area (Å²) < 4.78 is 17.4. The lowest BCUT2D eigenvalue weighted by Gasteiger charge is -2.28. The SMILES string of the molecule is COC1OC(COc2ccccc2)=C(C)c2nc3ccccc3cc21. The zero-order valence-corrected chi connectivity index (χ0v) is 14.2. The van der Waals surface area contributed by atoms with Gasteiger partial charge in [-0.3, -0.25) is 0 Å². The molecule has 0 aliphatic carbocycles. The van der Waals surface area contributed by atoms with E-state index in [1.54, 1.807) is 7.11 Å². The molecule has 0 amide bonds. The average molecular weight is 333 g/mol. The maximum atomic E-state index is 6.04. The van der Waals surface area contributed by atoms with E-state index in [1.165, 1.54) is 0 Å². The minimum absolute atomic E-state index is 0.337. The smallest absolute Gasteiger partial charge is 0.228 e. The minimum Gasteiger partial charge on any atom is -0.486 e. The van der Waals surface area contributed by atoms with Gasteiger partial charge in [0.15, 0.2) is 0 Å². The van der Waals surface area contributed by atoms with Crippen LogP contribution >= 0.6 is 0 Å². The van der Waals surface area contributed by atoms with Gasteiger partial charge in [0, 0.05) is 23.6 Å². The molecule has 0 fully saturated rings. The van der Waals surface area contributed by atoms with E-state index in [2.05, 4.69) is 6.07 Å². The van der Waals surface area contributed by atoms with Crippen LogP contribution in [0.3, 0.4) is 0 Å². The maximum absolute atomic E-state index is 6.04. The number of ether oxygens (including phenoxy) is 3. The van der Waals surface area contributed by atoms with Gasteiger partial charge < -0.3 is 14.2 Å². The molecule has 1 atom stereocenters. The Morgan fingerprint density at radius 2 is 1.80 bits per heavy atom. The normalized spacial score (nSPS) is 16.5. The number of aromatic nitrogens is 1. The molecule has 0 bridgehead atoms. The maximum Gasteiger partial charge on any atom is 0.228 e. The van der Waals surface area contributed by atoms with Gasteiger partial charge >= 0.3 is 0 Å². The number of fused-ring (bicyclic) bond motifs is 2. The molecule has 0 saturated heterocycles. The minimum atomic E-state index is -0.481. The highest BCUT2D eigenvalue weighted by Crippen LogP contribution is 2.37. The molecule has 0 saturated carbocycles. The number of rotatable bonds is 4. The van der Waals surface area contributed by atoms with Crippen molar-refractivity contribution in [1.29, 1.82) is 0 Å². The highest BCUT2D eigenvalue weighted by Gasteiger charge is 2.28. The van der Waals surface area contributed by atoms with Gasteiger partial charge in [-0.2, -0.15) is 0 Å². The molecule has 4 nitrogen and oxygen atoms in total. The van der Waals surface area contributed by atoms with Gasteiger partial charge in [-0.25, -0.2) is 4.98 Å². The zero-order chi connectivity index (χ0) is 17.2. The summed E-state index contributed by atoms with van der Waals surface area (Å²) in [5.41, 5.74) is 3.79. The van der Waals surface area contributed by atoms with E-state index in [9.17, 15) is 0 Å². The topological polar surface area (TPSA) is 40.6 Å². The van der Waals surface area contributed by atoms with Crippen molar-refractivity contribution in [1.82, 2.24) is 4.98 Å². The Morgan fingerprint density at radius 1 is 1.04 bits per heavy atom. The summed E-state index contributed by atoms with van der Waals surface area (Å²) in [7, 11) is 1.64. The van der Waals surface area contributed by atoms with E-state index in [0.717, 1.165) is 39.2 Å². The molecule has 0 N–H and O–H groups in total. The predicted octanol–water partition coefficient (Wildman–Crippen LogP) is 4.72. The third-order valence-electron chi connectivity index (χ3n) is 4.36. The van der Waals surface area contributed by atoms with E-state index in [-0.39, 0.29) is 0 Å². The number of hydrogen-bond acceptors (Lipinski definition) is 4. The molecule has 0 spiro atoms. The highest BCUT2D eigenvalue weighted by atomic mass is 16.7. The fourth-order valence-electron chi connectivity index (χ4n) is 3.01. The highest BCUT2D eigenvalue weighted by molar-refractivity contribution is 5.83. The van der Waals surface area contributed by atoms with Gasteiger partial charge in [-0.1, -0.05) is 36.4 Å². The molecule has 2 heterocycles. The fourth-order valence-corrected chi connectivity index (χ4v) is 3.01. The molecule has 0 radical (unpaired) electrons. The molecule has 4 heteroatoms. The van der Waals surface area contributed by atoms with Gasteiger partial charge in [0.1, 0.15) is 18.1 Å². The lowest BCUT2D eigenvalue weighted by atomic mass is 10.0. The number of nitrogens with zero attached hydrogens (tertiary/aromatic N) is 1. The van der Waals surface area contributed by atoms with Crippen LogP contribution < -0.4 is 4.74 Å². The van der Waals surface area contributed by atoms with Crippen molar-refractivity contribution >= 4 is 16.5 Å². The Kier molecular flexibility index (Phi) is 4.12. The summed E-state index contributed by atoms with van der Waals surface area (Å²) in [5, 5.41) is 1.07. The van der Waals surface area contributed by atoms with Crippen molar-refractivity contribution in [3.05, 3.63) is 77.7 Å². The van der Waals surface area contributed by atoms with Crippen molar-refractivity contribution < 1.29 is 14.2 Å². The third-order valence-corrected chi connectivity index (χ3v) is 4.36. The molecule has 126 valence electrons. The van der Waals surface area contributed by atoms with Crippen LogP contribution in [0.25, 0.3) is 16.5 Å². The second-order valence-electron chi connectivity index (χ2n) is 5.95. The van der Waals surface area contributed by atoms with Crippen molar-refractivity contribution in [3.63, 3.8) is 0 Å². The second-order valence-corrected chi connectivity index (χ2v) is 5.95. The number of benzene rings is 2. The molecular weight excluding hydrogens is 314 g/mol. The van der Waals surface area contributed by atoms with Crippen LogP contribution in [0.15, 0.2) is 66.4 Å². The average Bonchev–Trinajstić information content (AvgIpc) is 2.67. The number of methoxy groups -OCH3 is 1. The fraction of sp³-hybridized carbons (Fsp3) is 0.190. The first kappa shape index (κ1) is 15.7. The van der Waals surface area contributed by atoms with Gasteiger partial charge in [-0.15, -0.1) is 0 Å². The van der Waals surface area contributed by atoms with Crippen LogP contribution in [0.5, 0.6) is 5.75 Å². The summed E-state index contributed by atoms with van der Waals surface area (Å²) in [5.74, 6) is 1.55. The molecule has 2 aromatic carbocycles. The van der Waals surface area contributed by atoms with Crippen LogP contribution in [0.2, 0.25) is 0 Å². The van der Waals surface area contributed by atoms with Gasteiger partial charge in [0.2, 0.25) is 6.29 Å². The van der Waals surface area contributed by atoms with Gasteiger partial charge in [0.05, 0.1) is 11.2 Å². The first-order valence-corrected chi connectivity index (χ1v) is 8.23. The number of hydrogen-bond donors (Lipinski definition) is 0. The predicted molar refractivity (Wildman–Crippen MR) is 97.1 cm³/mol. The van der Waals surface area contributed by atoms with Crippen molar-refractivity contribution in [2.45, 2.75) is 13.2 Å². The summed E-state index contributed by atoms with van der Waals surface area (Å²) in [4.78, 5) is 4.83. The summed E-state index contributed by atoms with van der Waals surface area (Å²) in [6, 6.07) is 19.8. The lowest BCUT2D eigenvalue weighted by Crippen LogP contribution is -2.19. The number of para-hydroxylation sites is 2. The van der Waals surface area contributed by atoms with E-state index in [4.69, 9.17) is 19.2 Å². The Morgan fingerprint density at radius 3 is 2.60 bits per heavy atom. The summed E-state index contributed by atoms with van der Waals surface area (Å²) >= 11 is 0. The largest absolute Gasteiger partial charge is 0.486 e. The first-order chi connectivity index (χ1) is 12.3. The first-order valence-electron chi connectivity index (χ1n) is 8.23. The Bertz CT molecular complexity index is 934. The van der Waals surface area contributed by atoms with E-state index in [1.807, 2.05) is 61.5 Å². The van der Waals surface area contributed by atoms with Gasteiger partial charge in [0.25, 0.3) is 0 Å². The van der Waals surface area contributed by atoms with E-state index >= 15 is 0 Å². The van der Waals surface area contributed by atoms with Crippen LogP contribution in [-0.4, -0.2) is 18.7 Å². The van der Waals surface area contributed by atoms with Crippen molar-refractivity contribution in [2.75, 3.05) is 13.7 Å². The monoisotopic (exact) mass is 333 g/mol. The standard InChI is InChI=1S/C21H19NO3/c1-14-19(13-24-16-9-4-3-5-10-16)25-21(23-2)17-12-15-8-6-7-11-18(15)22-20(14)17/h3-12,21H,13H2,1-2H3. The summed E-state index contributed by atoms with van der Waals surface area (Å²) in [6.07, 6.45) is -0.481. The van der Waals surface area contributed by atoms with Crippen LogP contribution in [0.4, 0.5) is 0 Å². The van der Waals surface area contributed by atoms with E-state index in [0.29, 0.717) is 6.61 Å². The molecule has 4 rings (SSSR count). The van der Waals surface area contributed by atoms with Crippen molar-refractivity contribution in [2.24, 2.45) is 0 Å². The van der Waals surface area contributed by atoms with Crippen LogP contribution in [-0.2, 0) is 9.47 Å². The zero-order valence-electron chi connectivity index (χ0n) is 14.2. The Balaban J connectivity index is 1.72. The Labute approximate surface area is 146 Å². The molecule has 1 aliphatic heterocycles. The number of pyridine rings is 1. The van der Waals surface area contributed by atoms with E-state index < -0.39 is 6.29 Å². The molecule has 1 unspecified atom stereocenters. The van der Waals surface area contributed by atoms with Crippen molar-refractivity contribution in [3.8, 4) is 5.75 Å². The molecule has 1 aromatic heterocycles. The second kappa shape index (κ2) is 6.57. The molecule has 1 aliphatic rings.